The summed E-state index contributed by atoms with van der Waals surface area (Å²) in [6.45, 7) is 1.88. The largest absolute Gasteiger partial charge is 0.586 e. The molecule has 2 unspecified atom stereocenters. The van der Waals surface area contributed by atoms with Crippen molar-refractivity contribution in [3.05, 3.63) is 64.4 Å². The average Bonchev–Trinajstić information content (AvgIpc) is 3.44. The van der Waals surface area contributed by atoms with Gasteiger partial charge >= 0.3 is 6.29 Å². The molecule has 0 saturated heterocycles. The van der Waals surface area contributed by atoms with E-state index in [0.717, 1.165) is 5.56 Å². The topological polar surface area (TPSA) is 96.6 Å². The van der Waals surface area contributed by atoms with Gasteiger partial charge in [-0.25, -0.2) is 4.98 Å². The molecule has 3 aromatic rings. The van der Waals surface area contributed by atoms with E-state index in [2.05, 4.69) is 14.5 Å². The molecule has 1 amide bonds. The third kappa shape index (κ3) is 3.34. The Balaban J connectivity index is 1.56. The molecule has 0 bridgehead atoms. The van der Waals surface area contributed by atoms with Gasteiger partial charge in [0.05, 0.1) is 28.8 Å². The second-order valence-corrected chi connectivity index (χ2v) is 8.41. The van der Waals surface area contributed by atoms with Crippen molar-refractivity contribution in [1.29, 1.82) is 0 Å². The summed E-state index contributed by atoms with van der Waals surface area (Å²) in [5.74, 6) is -0.873. The van der Waals surface area contributed by atoms with Crippen molar-refractivity contribution >= 4 is 17.5 Å². The van der Waals surface area contributed by atoms with Gasteiger partial charge in [0, 0.05) is 17.8 Å². The summed E-state index contributed by atoms with van der Waals surface area (Å²) in [4.78, 5) is 21.6. The summed E-state index contributed by atoms with van der Waals surface area (Å²) in [6.07, 6.45) is -1.85. The molecule has 0 radical (unpaired) electrons. The van der Waals surface area contributed by atoms with Crippen molar-refractivity contribution in [3.63, 3.8) is 0 Å². The minimum atomic E-state index is -3.75. The Morgan fingerprint density at radius 1 is 1.21 bits per heavy atom. The first kappa shape index (κ1) is 21.4. The maximum absolute atomic E-state index is 13.4. The Morgan fingerprint density at radius 2 is 1.97 bits per heavy atom. The van der Waals surface area contributed by atoms with Crippen LogP contribution in [0.15, 0.2) is 42.6 Å². The van der Waals surface area contributed by atoms with E-state index < -0.39 is 17.6 Å². The summed E-state index contributed by atoms with van der Waals surface area (Å²) in [5, 5.41) is 0.420. The number of hydrogen-bond acceptors (Lipinski definition) is 6. The molecule has 1 aliphatic heterocycles. The smallest absolute Gasteiger partial charge is 0.480 e. The molecule has 1 fully saturated rings. The van der Waals surface area contributed by atoms with Crippen molar-refractivity contribution in [1.82, 2.24) is 9.97 Å². The number of benzene rings is 1. The van der Waals surface area contributed by atoms with Gasteiger partial charge in [0.25, 0.3) is 0 Å². The zero-order chi connectivity index (χ0) is 23.5. The molecule has 1 saturated carbocycles. The van der Waals surface area contributed by atoms with Gasteiger partial charge in [0.1, 0.15) is 0 Å². The first-order valence-electron chi connectivity index (χ1n) is 10.0. The fourth-order valence-electron chi connectivity index (χ4n) is 4.36. The van der Waals surface area contributed by atoms with Crippen molar-refractivity contribution in [2.24, 2.45) is 5.73 Å². The number of carbonyl (C=O) groups excluding carboxylic acids is 1. The highest BCUT2D eigenvalue weighted by Gasteiger charge is 2.62. The van der Waals surface area contributed by atoms with Gasteiger partial charge in [-0.2, -0.15) is 0 Å². The minimum Gasteiger partial charge on any atom is -0.480 e. The fraction of sp³-hybridized carbons (Fsp3) is 0.261. The molecule has 1 aliphatic carbocycles. The predicted molar refractivity (Wildman–Crippen MR) is 115 cm³/mol. The molecule has 2 atom stereocenters. The Hall–Kier alpha value is -3.46. The number of nitrogens with zero attached hydrogens (tertiary/aromatic N) is 2. The summed E-state index contributed by atoms with van der Waals surface area (Å²) < 4.78 is 41.3. The second kappa shape index (κ2) is 7.28. The number of aryl methyl sites for hydroxylation is 1. The van der Waals surface area contributed by atoms with Crippen LogP contribution in [0.4, 0.5) is 8.78 Å². The van der Waals surface area contributed by atoms with Crippen LogP contribution in [-0.2, 0) is 10.2 Å². The highest BCUT2D eigenvalue weighted by atomic mass is 35.5. The Kier molecular flexibility index (Phi) is 4.72. The number of amides is 1. The third-order valence-electron chi connectivity index (χ3n) is 6.09. The first-order chi connectivity index (χ1) is 15.7. The molecule has 1 aromatic carbocycles. The summed E-state index contributed by atoms with van der Waals surface area (Å²) >= 11 is 6.42. The predicted octanol–water partition coefficient (Wildman–Crippen LogP) is 4.35. The lowest BCUT2D eigenvalue weighted by molar-refractivity contribution is -0.286. The number of hydrogen-bond donors (Lipinski definition) is 1. The Labute approximate surface area is 192 Å². The number of primary amides is 1. The van der Waals surface area contributed by atoms with E-state index in [4.69, 9.17) is 27.1 Å². The van der Waals surface area contributed by atoms with Crippen molar-refractivity contribution in [2.75, 3.05) is 7.11 Å². The van der Waals surface area contributed by atoms with E-state index in [9.17, 15) is 13.6 Å². The number of rotatable bonds is 5. The number of fused-ring (bicyclic) bond motifs is 1. The molecule has 0 spiro atoms. The van der Waals surface area contributed by atoms with Gasteiger partial charge in [-0.05, 0) is 48.7 Å². The van der Waals surface area contributed by atoms with Gasteiger partial charge in [0.15, 0.2) is 11.5 Å². The molecule has 3 heterocycles. The molecular formula is C23H18ClF2N3O4. The van der Waals surface area contributed by atoms with Crippen LogP contribution in [0, 0.1) is 6.92 Å². The van der Waals surface area contributed by atoms with E-state index in [1.165, 1.54) is 25.4 Å². The van der Waals surface area contributed by atoms with Crippen LogP contribution in [-0.4, -0.2) is 29.3 Å². The first-order valence-corrected chi connectivity index (χ1v) is 10.4. The zero-order valence-electron chi connectivity index (χ0n) is 17.6. The maximum atomic E-state index is 13.4. The van der Waals surface area contributed by atoms with E-state index in [-0.39, 0.29) is 17.4 Å². The van der Waals surface area contributed by atoms with Crippen molar-refractivity contribution in [2.45, 2.75) is 31.0 Å². The molecule has 10 heteroatoms. The van der Waals surface area contributed by atoms with Crippen LogP contribution >= 0.6 is 11.6 Å². The van der Waals surface area contributed by atoms with Gasteiger partial charge in [-0.1, -0.05) is 23.7 Å². The molecular weight excluding hydrogens is 456 g/mol. The lowest BCUT2D eigenvalue weighted by atomic mass is 9.90. The lowest BCUT2D eigenvalue weighted by Crippen LogP contribution is -2.30. The number of methoxy groups -OCH3 is 1. The minimum absolute atomic E-state index is 0.102. The van der Waals surface area contributed by atoms with Gasteiger partial charge in [0.2, 0.25) is 11.8 Å². The lowest BCUT2D eigenvalue weighted by Gasteiger charge is -2.16. The highest BCUT2D eigenvalue weighted by molar-refractivity contribution is 6.33. The second-order valence-electron chi connectivity index (χ2n) is 8.00. The van der Waals surface area contributed by atoms with Crippen LogP contribution < -0.4 is 19.9 Å². The Morgan fingerprint density at radius 3 is 2.70 bits per heavy atom. The number of carbonyl (C=O) groups is 1. The normalized spacial score (nSPS) is 22.2. The average molecular weight is 474 g/mol. The molecule has 33 heavy (non-hydrogen) atoms. The van der Waals surface area contributed by atoms with E-state index in [0.29, 0.717) is 39.8 Å². The standard InChI is InChI=1S/C23H18ClF2N3O4/c1-11-3-5-15(29-19(11)18-14(24)7-8-28-20(18)31-2)13-10-22(13,21(27)30)12-4-6-16-17(9-12)33-23(25,26)32-16/h3-9,13H,10H2,1-2H3,(H2,27,30). The fourth-order valence-corrected chi connectivity index (χ4v) is 4.59. The van der Waals surface area contributed by atoms with E-state index >= 15 is 0 Å². The van der Waals surface area contributed by atoms with Crippen LogP contribution in [0.2, 0.25) is 5.02 Å². The van der Waals surface area contributed by atoms with Crippen LogP contribution in [0.25, 0.3) is 11.3 Å². The summed E-state index contributed by atoms with van der Waals surface area (Å²) in [6, 6.07) is 9.58. The molecule has 2 aliphatic rings. The van der Waals surface area contributed by atoms with Crippen LogP contribution in [0.3, 0.4) is 0 Å². The summed E-state index contributed by atoms with van der Waals surface area (Å²) in [5.41, 5.74) is 7.70. The Bertz CT molecular complexity index is 1300. The molecule has 2 aromatic heterocycles. The highest BCUT2D eigenvalue weighted by Crippen LogP contribution is 2.61. The zero-order valence-corrected chi connectivity index (χ0v) is 18.3. The van der Waals surface area contributed by atoms with Crippen molar-refractivity contribution in [3.8, 4) is 28.6 Å². The van der Waals surface area contributed by atoms with Gasteiger partial charge in [-0.3, -0.25) is 9.78 Å². The SMILES string of the molecule is COc1nccc(Cl)c1-c1nc(C2CC2(C(N)=O)c2ccc3c(c2)OC(F)(F)O3)ccc1C. The number of ether oxygens (including phenoxy) is 3. The van der Waals surface area contributed by atoms with Crippen LogP contribution in [0.5, 0.6) is 17.4 Å². The van der Waals surface area contributed by atoms with E-state index in [1.54, 1.807) is 12.1 Å². The molecule has 170 valence electrons. The third-order valence-corrected chi connectivity index (χ3v) is 6.40. The number of halogens is 3. The molecule has 7 nitrogen and oxygen atoms in total. The monoisotopic (exact) mass is 473 g/mol. The molecule has 2 N–H and O–H groups in total. The number of aromatic nitrogens is 2. The number of nitrogens with two attached hydrogens (primary N) is 1. The van der Waals surface area contributed by atoms with E-state index in [1.807, 2.05) is 19.1 Å². The van der Waals surface area contributed by atoms with Crippen molar-refractivity contribution < 1.29 is 27.8 Å². The summed E-state index contributed by atoms with van der Waals surface area (Å²) in [7, 11) is 1.49. The number of alkyl halides is 2. The van der Waals surface area contributed by atoms with Crippen LogP contribution in [0.1, 0.15) is 29.2 Å². The van der Waals surface area contributed by atoms with Gasteiger partial charge < -0.3 is 19.9 Å². The number of pyridine rings is 2. The van der Waals surface area contributed by atoms with Gasteiger partial charge in [-0.15, -0.1) is 8.78 Å². The quantitative estimate of drug-likeness (QED) is 0.592. The maximum Gasteiger partial charge on any atom is 0.586 e. The molecule has 5 rings (SSSR count).